The summed E-state index contributed by atoms with van der Waals surface area (Å²) in [5, 5.41) is 13.1. The van der Waals surface area contributed by atoms with Crippen molar-refractivity contribution in [2.24, 2.45) is 0 Å². The molecule has 5 heteroatoms. The van der Waals surface area contributed by atoms with Crippen molar-refractivity contribution < 1.29 is 9.90 Å². The minimum atomic E-state index is -0.701. The van der Waals surface area contributed by atoms with E-state index >= 15 is 0 Å². The minimum absolute atomic E-state index is 0.291. The van der Waals surface area contributed by atoms with E-state index in [1.165, 1.54) is 0 Å². The van der Waals surface area contributed by atoms with Gasteiger partial charge >= 0.3 is 5.97 Å². The van der Waals surface area contributed by atoms with Gasteiger partial charge in [0.05, 0.1) is 6.54 Å². The average molecular weight is 209 g/mol. The van der Waals surface area contributed by atoms with Crippen molar-refractivity contribution in [3.05, 3.63) is 18.5 Å². The van der Waals surface area contributed by atoms with Gasteiger partial charge in [0.2, 0.25) is 0 Å². The zero-order valence-electron chi connectivity index (χ0n) is 8.54. The van der Waals surface area contributed by atoms with E-state index in [0.717, 1.165) is 32.5 Å². The molecule has 82 valence electrons. The van der Waals surface area contributed by atoms with Crippen molar-refractivity contribution in [1.29, 1.82) is 0 Å². The van der Waals surface area contributed by atoms with Gasteiger partial charge in [0.25, 0.3) is 0 Å². The van der Waals surface area contributed by atoms with Crippen molar-refractivity contribution in [2.45, 2.75) is 25.4 Å². The largest absolute Gasteiger partial charge is 0.480 e. The number of rotatable bonds is 4. The molecule has 1 aromatic rings. The molecule has 15 heavy (non-hydrogen) atoms. The Bertz CT molecular complexity index is 323. The second-order valence-corrected chi connectivity index (χ2v) is 3.80. The summed E-state index contributed by atoms with van der Waals surface area (Å²) in [6.45, 7) is 2.41. The summed E-state index contributed by atoms with van der Waals surface area (Å²) in [7, 11) is 0. The number of carboxylic acids is 1. The van der Waals surface area contributed by atoms with Crippen LogP contribution in [0.4, 0.5) is 0 Å². The van der Waals surface area contributed by atoms with Crippen LogP contribution in [0.25, 0.3) is 0 Å². The molecular formula is C10H15N3O2. The molecule has 2 heterocycles. The lowest BCUT2D eigenvalue weighted by molar-refractivity contribution is -0.142. The Kier molecular flexibility index (Phi) is 3.01. The fourth-order valence-electron chi connectivity index (χ4n) is 2.04. The summed E-state index contributed by atoms with van der Waals surface area (Å²) in [4.78, 5) is 12.9. The third-order valence-corrected chi connectivity index (χ3v) is 2.82. The van der Waals surface area contributed by atoms with E-state index < -0.39 is 5.97 Å². The highest BCUT2D eigenvalue weighted by Crippen LogP contribution is 2.16. The van der Waals surface area contributed by atoms with Crippen LogP contribution in [-0.4, -0.2) is 44.9 Å². The maximum Gasteiger partial charge on any atom is 0.320 e. The molecule has 0 radical (unpaired) electrons. The second kappa shape index (κ2) is 4.44. The third kappa shape index (κ3) is 2.36. The number of aromatic nitrogens is 2. The number of carbonyl (C=O) groups is 1. The molecule has 2 rings (SSSR count). The highest BCUT2D eigenvalue weighted by atomic mass is 16.4. The fraction of sp³-hybridized carbons (Fsp3) is 0.600. The van der Waals surface area contributed by atoms with E-state index in [4.69, 9.17) is 5.11 Å². The standard InChI is InChI=1S/C10H15N3O2/c14-10(15)9-3-1-5-12(9)7-8-13-6-2-4-11-13/h2,4,6,9H,1,3,5,7-8H2,(H,14,15). The van der Waals surface area contributed by atoms with Crippen molar-refractivity contribution in [3.8, 4) is 0 Å². The van der Waals surface area contributed by atoms with Gasteiger partial charge in [-0.1, -0.05) is 0 Å². The number of hydrogen-bond donors (Lipinski definition) is 1. The second-order valence-electron chi connectivity index (χ2n) is 3.80. The van der Waals surface area contributed by atoms with E-state index in [1.807, 2.05) is 21.8 Å². The Morgan fingerprint density at radius 1 is 1.53 bits per heavy atom. The van der Waals surface area contributed by atoms with Gasteiger partial charge in [0, 0.05) is 18.9 Å². The van der Waals surface area contributed by atoms with Crippen LogP contribution >= 0.6 is 0 Å². The zero-order chi connectivity index (χ0) is 10.7. The molecule has 1 fully saturated rings. The molecule has 1 unspecified atom stereocenters. The topological polar surface area (TPSA) is 58.4 Å². The van der Waals surface area contributed by atoms with Gasteiger partial charge in [-0.3, -0.25) is 14.4 Å². The van der Waals surface area contributed by atoms with Crippen LogP contribution in [0.1, 0.15) is 12.8 Å². The van der Waals surface area contributed by atoms with E-state index in [-0.39, 0.29) is 6.04 Å². The van der Waals surface area contributed by atoms with Crippen LogP contribution in [0, 0.1) is 0 Å². The summed E-state index contributed by atoms with van der Waals surface area (Å²) < 4.78 is 1.83. The first-order chi connectivity index (χ1) is 7.27. The predicted molar refractivity (Wildman–Crippen MR) is 54.5 cm³/mol. The zero-order valence-corrected chi connectivity index (χ0v) is 8.54. The summed E-state index contributed by atoms with van der Waals surface area (Å²) >= 11 is 0. The molecule has 0 aliphatic carbocycles. The Hall–Kier alpha value is -1.36. The van der Waals surface area contributed by atoms with Crippen LogP contribution in [0.5, 0.6) is 0 Å². The maximum atomic E-state index is 10.9. The van der Waals surface area contributed by atoms with Gasteiger partial charge in [-0.25, -0.2) is 0 Å². The van der Waals surface area contributed by atoms with Crippen molar-refractivity contribution in [3.63, 3.8) is 0 Å². The Labute approximate surface area is 88.3 Å². The van der Waals surface area contributed by atoms with Gasteiger partial charge in [0.15, 0.2) is 0 Å². The van der Waals surface area contributed by atoms with Crippen molar-refractivity contribution >= 4 is 5.97 Å². The number of nitrogens with zero attached hydrogens (tertiary/aromatic N) is 3. The summed E-state index contributed by atoms with van der Waals surface area (Å²) in [5.74, 6) is -0.701. The van der Waals surface area contributed by atoms with Gasteiger partial charge < -0.3 is 5.11 Å². The van der Waals surface area contributed by atoms with Crippen LogP contribution in [0.15, 0.2) is 18.5 Å². The van der Waals surface area contributed by atoms with Gasteiger partial charge in [0.1, 0.15) is 6.04 Å². The maximum absolute atomic E-state index is 10.9. The first-order valence-corrected chi connectivity index (χ1v) is 5.21. The third-order valence-electron chi connectivity index (χ3n) is 2.82. The number of hydrogen-bond acceptors (Lipinski definition) is 3. The summed E-state index contributed by atoms with van der Waals surface area (Å²) in [5.41, 5.74) is 0. The molecule has 5 nitrogen and oxygen atoms in total. The van der Waals surface area contributed by atoms with E-state index in [2.05, 4.69) is 5.10 Å². The number of likely N-dealkylation sites (tertiary alicyclic amines) is 1. The average Bonchev–Trinajstić information content (AvgIpc) is 2.86. The first kappa shape index (κ1) is 10.2. The SMILES string of the molecule is O=C(O)C1CCCN1CCn1cccn1. The lowest BCUT2D eigenvalue weighted by Gasteiger charge is -2.20. The molecule has 0 amide bonds. The molecule has 0 spiro atoms. The molecule has 0 aromatic carbocycles. The summed E-state index contributed by atoms with van der Waals surface area (Å²) in [6, 6.07) is 1.58. The highest BCUT2D eigenvalue weighted by molar-refractivity contribution is 5.73. The lowest BCUT2D eigenvalue weighted by Crippen LogP contribution is -2.37. The fourth-order valence-corrected chi connectivity index (χ4v) is 2.04. The molecule has 0 bridgehead atoms. The molecule has 1 aliphatic rings. The Morgan fingerprint density at radius 2 is 2.40 bits per heavy atom. The van der Waals surface area contributed by atoms with Crippen LogP contribution < -0.4 is 0 Å². The molecule has 1 N–H and O–H groups in total. The number of carboxylic acid groups (broad SMARTS) is 1. The summed E-state index contributed by atoms with van der Waals surface area (Å²) in [6.07, 6.45) is 5.38. The molecule has 1 aromatic heterocycles. The van der Waals surface area contributed by atoms with Crippen LogP contribution in [0.3, 0.4) is 0 Å². The van der Waals surface area contributed by atoms with Crippen LogP contribution in [0.2, 0.25) is 0 Å². The Morgan fingerprint density at radius 3 is 3.07 bits per heavy atom. The van der Waals surface area contributed by atoms with Gasteiger partial charge in [-0.2, -0.15) is 5.10 Å². The van der Waals surface area contributed by atoms with E-state index in [1.54, 1.807) is 6.20 Å². The van der Waals surface area contributed by atoms with Crippen LogP contribution in [-0.2, 0) is 11.3 Å². The molecular weight excluding hydrogens is 194 g/mol. The van der Waals surface area contributed by atoms with E-state index in [0.29, 0.717) is 0 Å². The number of aliphatic carboxylic acids is 1. The molecule has 1 atom stereocenters. The monoisotopic (exact) mass is 209 g/mol. The minimum Gasteiger partial charge on any atom is -0.480 e. The molecule has 1 saturated heterocycles. The van der Waals surface area contributed by atoms with E-state index in [9.17, 15) is 4.79 Å². The van der Waals surface area contributed by atoms with Crippen molar-refractivity contribution in [2.75, 3.05) is 13.1 Å². The molecule has 1 aliphatic heterocycles. The predicted octanol–water partition coefficient (Wildman–Crippen LogP) is 0.432. The quantitative estimate of drug-likeness (QED) is 0.781. The van der Waals surface area contributed by atoms with Crippen molar-refractivity contribution in [1.82, 2.24) is 14.7 Å². The Balaban J connectivity index is 1.86. The van der Waals surface area contributed by atoms with Gasteiger partial charge in [-0.15, -0.1) is 0 Å². The normalized spacial score (nSPS) is 22.0. The lowest BCUT2D eigenvalue weighted by atomic mass is 10.2. The first-order valence-electron chi connectivity index (χ1n) is 5.21. The van der Waals surface area contributed by atoms with Gasteiger partial charge in [-0.05, 0) is 25.5 Å². The highest BCUT2D eigenvalue weighted by Gasteiger charge is 2.29. The molecule has 0 saturated carbocycles. The smallest absolute Gasteiger partial charge is 0.320 e.